The second-order valence-corrected chi connectivity index (χ2v) is 6.89. The van der Waals surface area contributed by atoms with Crippen molar-refractivity contribution in [1.29, 1.82) is 0 Å². The molecule has 2 aromatic heterocycles. The first-order valence-electron chi connectivity index (χ1n) is 8.40. The van der Waals surface area contributed by atoms with Gasteiger partial charge in [0, 0.05) is 11.1 Å². The molecule has 27 heavy (non-hydrogen) atoms. The Morgan fingerprint density at radius 1 is 1.00 bits per heavy atom. The molecule has 0 radical (unpaired) electrons. The summed E-state index contributed by atoms with van der Waals surface area (Å²) in [7, 11) is 0. The van der Waals surface area contributed by atoms with Crippen LogP contribution in [0.15, 0.2) is 70.5 Å². The molecular formula is C21H16N2O3S. The van der Waals surface area contributed by atoms with Crippen LogP contribution in [0.1, 0.15) is 21.1 Å². The third-order valence-electron chi connectivity index (χ3n) is 4.03. The molecule has 2 aromatic carbocycles. The van der Waals surface area contributed by atoms with E-state index in [4.69, 9.17) is 9.15 Å². The third-order valence-corrected chi connectivity index (χ3v) is 4.92. The van der Waals surface area contributed by atoms with Crippen molar-refractivity contribution in [2.45, 2.75) is 13.5 Å². The maximum absolute atomic E-state index is 12.5. The third kappa shape index (κ3) is 3.80. The van der Waals surface area contributed by atoms with Crippen LogP contribution in [0.2, 0.25) is 0 Å². The highest BCUT2D eigenvalue weighted by atomic mass is 32.1. The summed E-state index contributed by atoms with van der Waals surface area (Å²) in [4.78, 5) is 13.1. The number of carbonyl (C=O) groups excluding carboxylic acids is 1. The van der Waals surface area contributed by atoms with Gasteiger partial charge in [0.2, 0.25) is 5.89 Å². The van der Waals surface area contributed by atoms with Gasteiger partial charge in [-0.2, -0.15) is 0 Å². The van der Waals surface area contributed by atoms with E-state index in [1.165, 1.54) is 16.9 Å². The lowest BCUT2D eigenvalue weighted by Crippen LogP contribution is -2.04. The van der Waals surface area contributed by atoms with E-state index in [0.29, 0.717) is 10.8 Å². The van der Waals surface area contributed by atoms with Crippen molar-refractivity contribution < 1.29 is 13.9 Å². The zero-order valence-electron chi connectivity index (χ0n) is 14.6. The molecule has 0 bridgehead atoms. The van der Waals surface area contributed by atoms with E-state index in [-0.39, 0.29) is 12.5 Å². The van der Waals surface area contributed by atoms with Gasteiger partial charge in [-0.25, -0.2) is 4.79 Å². The quantitative estimate of drug-likeness (QED) is 0.452. The number of nitrogens with zero attached hydrogens (tertiary/aromatic N) is 2. The lowest BCUT2D eigenvalue weighted by molar-refractivity contribution is 0.0445. The Morgan fingerprint density at radius 3 is 2.56 bits per heavy atom. The Kier molecular flexibility index (Phi) is 4.80. The molecule has 0 aliphatic rings. The molecule has 0 saturated carbocycles. The molecular weight excluding hydrogens is 360 g/mol. The Hall–Kier alpha value is -3.25. The smallest absolute Gasteiger partial charge is 0.349 e. The summed E-state index contributed by atoms with van der Waals surface area (Å²) in [5.74, 6) is 0.258. The zero-order valence-corrected chi connectivity index (χ0v) is 15.4. The monoisotopic (exact) mass is 376 g/mol. The van der Waals surface area contributed by atoms with Crippen molar-refractivity contribution in [1.82, 2.24) is 10.2 Å². The maximum atomic E-state index is 12.5. The van der Waals surface area contributed by atoms with Crippen molar-refractivity contribution in [2.24, 2.45) is 0 Å². The van der Waals surface area contributed by atoms with Crippen LogP contribution in [0.3, 0.4) is 0 Å². The fraction of sp³-hybridized carbons (Fsp3) is 0.0952. The Bertz CT molecular complexity index is 1050. The van der Waals surface area contributed by atoms with Crippen LogP contribution in [0.25, 0.3) is 22.6 Å². The summed E-state index contributed by atoms with van der Waals surface area (Å²) in [6.45, 7) is 1.96. The summed E-state index contributed by atoms with van der Waals surface area (Å²) < 4.78 is 11.0. The topological polar surface area (TPSA) is 65.2 Å². The number of ether oxygens (including phenoxy) is 1. The molecule has 0 saturated heterocycles. The van der Waals surface area contributed by atoms with E-state index in [2.05, 4.69) is 10.2 Å². The van der Waals surface area contributed by atoms with Gasteiger partial charge in [-0.15, -0.1) is 21.5 Å². The Labute approximate surface area is 160 Å². The van der Waals surface area contributed by atoms with E-state index in [0.717, 1.165) is 16.7 Å². The molecule has 6 heteroatoms. The second-order valence-electron chi connectivity index (χ2n) is 5.97. The fourth-order valence-electron chi connectivity index (χ4n) is 2.63. The highest BCUT2D eigenvalue weighted by Gasteiger charge is 2.17. The average Bonchev–Trinajstić information content (AvgIpc) is 3.37. The molecule has 0 spiro atoms. The van der Waals surface area contributed by atoms with Crippen LogP contribution in [0, 0.1) is 6.92 Å². The van der Waals surface area contributed by atoms with Crippen LogP contribution < -0.4 is 0 Å². The van der Waals surface area contributed by atoms with Gasteiger partial charge in [-0.05, 0) is 36.1 Å². The van der Waals surface area contributed by atoms with Gasteiger partial charge < -0.3 is 9.15 Å². The molecule has 0 amide bonds. The molecule has 0 aliphatic heterocycles. The Morgan fingerprint density at radius 2 is 1.78 bits per heavy atom. The molecule has 0 fully saturated rings. The van der Waals surface area contributed by atoms with E-state index >= 15 is 0 Å². The first-order valence-corrected chi connectivity index (χ1v) is 9.28. The minimum atomic E-state index is -0.403. The van der Waals surface area contributed by atoms with Gasteiger partial charge >= 0.3 is 5.97 Å². The number of hydrogen-bond acceptors (Lipinski definition) is 6. The fourth-order valence-corrected chi connectivity index (χ4v) is 3.44. The predicted molar refractivity (Wildman–Crippen MR) is 103 cm³/mol. The number of aryl methyl sites for hydroxylation is 1. The van der Waals surface area contributed by atoms with Gasteiger partial charge in [-0.1, -0.05) is 48.0 Å². The molecule has 0 N–H and O–H groups in total. The highest BCUT2D eigenvalue weighted by Crippen LogP contribution is 2.29. The second kappa shape index (κ2) is 7.55. The van der Waals surface area contributed by atoms with E-state index < -0.39 is 5.97 Å². The van der Waals surface area contributed by atoms with E-state index in [9.17, 15) is 4.79 Å². The van der Waals surface area contributed by atoms with Crippen LogP contribution >= 0.6 is 11.3 Å². The Balaban J connectivity index is 1.46. The van der Waals surface area contributed by atoms with Gasteiger partial charge in [-0.3, -0.25) is 0 Å². The van der Waals surface area contributed by atoms with Gasteiger partial charge in [0.15, 0.2) is 6.61 Å². The maximum Gasteiger partial charge on any atom is 0.349 e. The highest BCUT2D eigenvalue weighted by molar-refractivity contribution is 7.12. The van der Waals surface area contributed by atoms with Crippen molar-refractivity contribution in [3.05, 3.63) is 82.4 Å². The largest absolute Gasteiger partial charge is 0.451 e. The van der Waals surface area contributed by atoms with Crippen LogP contribution in [-0.4, -0.2) is 16.2 Å². The number of carbonyl (C=O) groups is 1. The number of aromatic nitrogens is 2. The van der Waals surface area contributed by atoms with Gasteiger partial charge in [0.1, 0.15) is 4.88 Å². The predicted octanol–water partition coefficient (Wildman–Crippen LogP) is 5.13. The number of thiophene rings is 1. The minimum absolute atomic E-state index is 0.0656. The SMILES string of the molecule is Cc1ccc(-c2ccsc2C(=O)OCc2nnc(-c3ccccc3)o2)cc1. The molecule has 4 aromatic rings. The molecule has 134 valence electrons. The van der Waals surface area contributed by atoms with Crippen molar-refractivity contribution >= 4 is 17.3 Å². The molecule has 0 atom stereocenters. The minimum Gasteiger partial charge on any atom is -0.451 e. The van der Waals surface area contributed by atoms with Gasteiger partial charge in [0.25, 0.3) is 5.89 Å². The van der Waals surface area contributed by atoms with E-state index in [1.807, 2.05) is 73.0 Å². The first-order chi connectivity index (χ1) is 13.2. The lowest BCUT2D eigenvalue weighted by Gasteiger charge is -2.04. The number of rotatable bonds is 5. The first kappa shape index (κ1) is 17.2. The summed E-state index contributed by atoms with van der Waals surface area (Å²) in [5.41, 5.74) is 3.84. The van der Waals surface area contributed by atoms with Crippen LogP contribution in [-0.2, 0) is 11.3 Å². The zero-order chi connectivity index (χ0) is 18.6. The average molecular weight is 376 g/mol. The summed E-state index contributed by atoms with van der Waals surface area (Å²) in [5, 5.41) is 9.82. The normalized spacial score (nSPS) is 10.7. The van der Waals surface area contributed by atoms with Crippen LogP contribution in [0.4, 0.5) is 0 Å². The van der Waals surface area contributed by atoms with Crippen LogP contribution in [0.5, 0.6) is 0 Å². The van der Waals surface area contributed by atoms with Crippen molar-refractivity contribution in [3.8, 4) is 22.6 Å². The number of hydrogen-bond donors (Lipinski definition) is 0. The van der Waals surface area contributed by atoms with Crippen molar-refractivity contribution in [2.75, 3.05) is 0 Å². The molecule has 2 heterocycles. The summed E-state index contributed by atoms with van der Waals surface area (Å²) >= 11 is 1.35. The number of benzene rings is 2. The van der Waals surface area contributed by atoms with Gasteiger partial charge in [0.05, 0.1) is 0 Å². The lowest BCUT2D eigenvalue weighted by atomic mass is 10.1. The van der Waals surface area contributed by atoms with Crippen molar-refractivity contribution in [3.63, 3.8) is 0 Å². The summed E-state index contributed by atoms with van der Waals surface area (Å²) in [6, 6.07) is 19.4. The number of esters is 1. The van der Waals surface area contributed by atoms with E-state index in [1.54, 1.807) is 0 Å². The standard InChI is InChI=1S/C21H16N2O3S/c1-14-7-9-15(10-8-14)17-11-12-27-19(17)21(24)25-13-18-22-23-20(26-18)16-5-3-2-4-6-16/h2-12H,13H2,1H3. The molecule has 0 unspecified atom stereocenters. The molecule has 5 nitrogen and oxygen atoms in total. The summed E-state index contributed by atoms with van der Waals surface area (Å²) in [6.07, 6.45) is 0. The molecule has 4 rings (SSSR count). The molecule has 0 aliphatic carbocycles.